The lowest BCUT2D eigenvalue weighted by Gasteiger charge is -2.12. The second-order valence-corrected chi connectivity index (χ2v) is 7.84. The van der Waals surface area contributed by atoms with Gasteiger partial charge < -0.3 is 5.32 Å². The van der Waals surface area contributed by atoms with Crippen molar-refractivity contribution in [2.75, 3.05) is 11.1 Å². The standard InChI is InChI=1S/C19H16BrF2N3O2S/c1-2-7-25-18(27)13-8-11(20)3-6-16(13)24-19(25)28-10-17(26)23-12-4-5-14(21)15(22)9-12/h3-6,8-9H,2,7,10H2,1H3,(H,23,26). The minimum absolute atomic E-state index is 0.0306. The molecule has 0 saturated carbocycles. The topological polar surface area (TPSA) is 64.0 Å². The van der Waals surface area contributed by atoms with E-state index in [4.69, 9.17) is 0 Å². The zero-order chi connectivity index (χ0) is 20.3. The molecule has 0 bridgehead atoms. The largest absolute Gasteiger partial charge is 0.325 e. The van der Waals surface area contributed by atoms with Gasteiger partial charge in [-0.15, -0.1) is 0 Å². The van der Waals surface area contributed by atoms with Crippen molar-refractivity contribution in [1.29, 1.82) is 0 Å². The molecule has 146 valence electrons. The van der Waals surface area contributed by atoms with Gasteiger partial charge in [-0.25, -0.2) is 13.8 Å². The maximum absolute atomic E-state index is 13.3. The summed E-state index contributed by atoms with van der Waals surface area (Å²) >= 11 is 4.47. The quantitative estimate of drug-likeness (QED) is 0.425. The van der Waals surface area contributed by atoms with Gasteiger partial charge in [0.15, 0.2) is 16.8 Å². The average molecular weight is 468 g/mol. The number of amides is 1. The molecule has 28 heavy (non-hydrogen) atoms. The predicted octanol–water partition coefficient (Wildman–Crippen LogP) is 4.58. The van der Waals surface area contributed by atoms with Gasteiger partial charge in [-0.05, 0) is 36.8 Å². The van der Waals surface area contributed by atoms with E-state index in [2.05, 4.69) is 26.2 Å². The lowest BCUT2D eigenvalue weighted by atomic mass is 10.2. The lowest BCUT2D eigenvalue weighted by molar-refractivity contribution is -0.113. The van der Waals surface area contributed by atoms with Crippen LogP contribution in [0.1, 0.15) is 13.3 Å². The highest BCUT2D eigenvalue weighted by molar-refractivity contribution is 9.10. The third kappa shape index (κ3) is 4.59. The Bertz CT molecular complexity index is 1100. The molecule has 1 heterocycles. The molecule has 0 atom stereocenters. The SMILES string of the molecule is CCCn1c(SCC(=O)Nc2ccc(F)c(F)c2)nc2ccc(Br)cc2c1=O. The molecular formula is C19H16BrF2N3O2S. The van der Waals surface area contributed by atoms with Crippen molar-refractivity contribution in [3.63, 3.8) is 0 Å². The number of aromatic nitrogens is 2. The smallest absolute Gasteiger partial charge is 0.262 e. The highest BCUT2D eigenvalue weighted by Gasteiger charge is 2.14. The predicted molar refractivity (Wildman–Crippen MR) is 110 cm³/mol. The summed E-state index contributed by atoms with van der Waals surface area (Å²) in [6.07, 6.45) is 0.732. The molecule has 3 rings (SSSR count). The number of thioether (sulfide) groups is 1. The van der Waals surface area contributed by atoms with E-state index in [9.17, 15) is 18.4 Å². The Kier molecular flexibility index (Phi) is 6.46. The number of fused-ring (bicyclic) bond motifs is 1. The second-order valence-electron chi connectivity index (χ2n) is 5.98. The van der Waals surface area contributed by atoms with Gasteiger partial charge in [-0.3, -0.25) is 14.2 Å². The highest BCUT2D eigenvalue weighted by Crippen LogP contribution is 2.21. The summed E-state index contributed by atoms with van der Waals surface area (Å²) in [6.45, 7) is 2.42. The van der Waals surface area contributed by atoms with Crippen LogP contribution in [0.2, 0.25) is 0 Å². The van der Waals surface area contributed by atoms with Gasteiger partial charge in [-0.2, -0.15) is 0 Å². The van der Waals surface area contributed by atoms with Gasteiger partial charge >= 0.3 is 0 Å². The van der Waals surface area contributed by atoms with Crippen LogP contribution in [0.4, 0.5) is 14.5 Å². The van der Waals surface area contributed by atoms with Gasteiger partial charge in [0.2, 0.25) is 5.91 Å². The van der Waals surface area contributed by atoms with Crippen LogP contribution in [0.3, 0.4) is 0 Å². The third-order valence-corrected chi connectivity index (χ3v) is 5.33. The van der Waals surface area contributed by atoms with Gasteiger partial charge in [0.1, 0.15) is 0 Å². The lowest BCUT2D eigenvalue weighted by Crippen LogP contribution is -2.24. The molecule has 9 heteroatoms. The molecule has 0 unspecified atom stereocenters. The molecule has 3 aromatic rings. The Labute approximate surface area is 172 Å². The molecule has 0 spiro atoms. The Morgan fingerprint density at radius 1 is 1.21 bits per heavy atom. The average Bonchev–Trinajstić information content (AvgIpc) is 2.66. The highest BCUT2D eigenvalue weighted by atomic mass is 79.9. The van der Waals surface area contributed by atoms with Crippen LogP contribution in [0, 0.1) is 11.6 Å². The van der Waals surface area contributed by atoms with E-state index in [0.717, 1.165) is 34.8 Å². The number of anilines is 1. The normalized spacial score (nSPS) is 11.0. The first-order chi connectivity index (χ1) is 13.4. The fourth-order valence-electron chi connectivity index (χ4n) is 2.60. The van der Waals surface area contributed by atoms with Gasteiger partial charge in [0, 0.05) is 22.8 Å². The van der Waals surface area contributed by atoms with Crippen molar-refractivity contribution in [3.05, 3.63) is 62.9 Å². The van der Waals surface area contributed by atoms with Gasteiger partial charge in [0.25, 0.3) is 5.56 Å². The van der Waals surface area contributed by atoms with Crippen LogP contribution in [0.15, 0.2) is 50.8 Å². The minimum atomic E-state index is -1.04. The van der Waals surface area contributed by atoms with E-state index in [1.807, 2.05) is 6.92 Å². The number of carbonyl (C=O) groups is 1. The Hall–Kier alpha value is -2.26. The van der Waals surface area contributed by atoms with Crippen molar-refractivity contribution in [2.45, 2.75) is 25.0 Å². The maximum atomic E-state index is 13.3. The van der Waals surface area contributed by atoms with Crippen molar-refractivity contribution >= 4 is 50.2 Å². The van der Waals surface area contributed by atoms with Gasteiger partial charge in [-0.1, -0.05) is 34.6 Å². The molecular weight excluding hydrogens is 452 g/mol. The Morgan fingerprint density at radius 2 is 2.00 bits per heavy atom. The number of nitrogens with one attached hydrogen (secondary N) is 1. The number of hydrogen-bond donors (Lipinski definition) is 1. The summed E-state index contributed by atoms with van der Waals surface area (Å²) in [4.78, 5) is 29.5. The van der Waals surface area contributed by atoms with E-state index in [-0.39, 0.29) is 17.0 Å². The molecule has 0 aliphatic heterocycles. The van der Waals surface area contributed by atoms with Crippen LogP contribution in [0.5, 0.6) is 0 Å². The van der Waals surface area contributed by atoms with E-state index >= 15 is 0 Å². The Morgan fingerprint density at radius 3 is 2.71 bits per heavy atom. The molecule has 0 fully saturated rings. The summed E-state index contributed by atoms with van der Waals surface area (Å²) in [5.41, 5.74) is 0.535. The molecule has 1 aromatic heterocycles. The Balaban J connectivity index is 1.81. The maximum Gasteiger partial charge on any atom is 0.262 e. The minimum Gasteiger partial charge on any atom is -0.325 e. The van der Waals surface area contributed by atoms with E-state index in [1.165, 1.54) is 6.07 Å². The molecule has 1 amide bonds. The summed E-state index contributed by atoms with van der Waals surface area (Å²) in [6, 6.07) is 8.39. The van der Waals surface area contributed by atoms with E-state index in [0.29, 0.717) is 22.6 Å². The van der Waals surface area contributed by atoms with Crippen molar-refractivity contribution < 1.29 is 13.6 Å². The van der Waals surface area contributed by atoms with E-state index < -0.39 is 17.5 Å². The molecule has 0 radical (unpaired) electrons. The number of halogens is 3. The number of benzene rings is 2. The third-order valence-electron chi connectivity index (χ3n) is 3.86. The van der Waals surface area contributed by atoms with Crippen LogP contribution >= 0.6 is 27.7 Å². The molecule has 0 aliphatic rings. The van der Waals surface area contributed by atoms with Crippen LogP contribution in [-0.2, 0) is 11.3 Å². The van der Waals surface area contributed by atoms with E-state index in [1.54, 1.807) is 22.8 Å². The monoisotopic (exact) mass is 467 g/mol. The summed E-state index contributed by atoms with van der Waals surface area (Å²) in [5, 5.41) is 3.43. The molecule has 5 nitrogen and oxygen atoms in total. The fourth-order valence-corrected chi connectivity index (χ4v) is 3.79. The summed E-state index contributed by atoms with van der Waals surface area (Å²) in [5.74, 6) is -2.46. The van der Waals surface area contributed by atoms with Crippen LogP contribution in [0.25, 0.3) is 10.9 Å². The molecule has 0 saturated heterocycles. The number of rotatable bonds is 6. The number of hydrogen-bond acceptors (Lipinski definition) is 4. The molecule has 2 aromatic carbocycles. The first-order valence-corrected chi connectivity index (χ1v) is 10.2. The fraction of sp³-hybridized carbons (Fsp3) is 0.211. The van der Waals surface area contributed by atoms with Gasteiger partial charge in [0.05, 0.1) is 16.7 Å². The molecule has 0 aliphatic carbocycles. The van der Waals surface area contributed by atoms with Crippen molar-refractivity contribution in [2.24, 2.45) is 0 Å². The first kappa shape index (κ1) is 20.5. The number of nitrogens with zero attached hydrogens (tertiary/aromatic N) is 2. The second kappa shape index (κ2) is 8.83. The zero-order valence-corrected chi connectivity index (χ0v) is 17.2. The zero-order valence-electron chi connectivity index (χ0n) is 14.8. The first-order valence-electron chi connectivity index (χ1n) is 8.47. The van der Waals surface area contributed by atoms with Crippen molar-refractivity contribution in [1.82, 2.24) is 9.55 Å². The molecule has 1 N–H and O–H groups in total. The number of carbonyl (C=O) groups excluding carboxylic acids is 1. The van der Waals surface area contributed by atoms with Crippen molar-refractivity contribution in [3.8, 4) is 0 Å². The summed E-state index contributed by atoms with van der Waals surface area (Å²) in [7, 11) is 0. The summed E-state index contributed by atoms with van der Waals surface area (Å²) < 4.78 is 28.6. The van der Waals surface area contributed by atoms with Crippen LogP contribution in [-0.4, -0.2) is 21.2 Å². The van der Waals surface area contributed by atoms with Crippen LogP contribution < -0.4 is 10.9 Å².